The van der Waals surface area contributed by atoms with E-state index in [-0.39, 0.29) is 11.9 Å². The highest BCUT2D eigenvalue weighted by Crippen LogP contribution is 2.35. The van der Waals surface area contributed by atoms with Crippen molar-refractivity contribution < 1.29 is 9.50 Å². The van der Waals surface area contributed by atoms with Crippen LogP contribution in [0.2, 0.25) is 0 Å². The van der Waals surface area contributed by atoms with Gasteiger partial charge in [-0.3, -0.25) is 4.68 Å². The van der Waals surface area contributed by atoms with Gasteiger partial charge in [0.2, 0.25) is 0 Å². The Morgan fingerprint density at radius 2 is 2.11 bits per heavy atom. The summed E-state index contributed by atoms with van der Waals surface area (Å²) >= 11 is 3.40. The molecule has 0 aliphatic rings. The lowest BCUT2D eigenvalue weighted by Crippen LogP contribution is -2.28. The van der Waals surface area contributed by atoms with Gasteiger partial charge >= 0.3 is 0 Å². The first kappa shape index (κ1) is 14.2. The summed E-state index contributed by atoms with van der Waals surface area (Å²) in [6.07, 6.45) is 1.64. The Hall–Kier alpha value is -1.20. The quantitative estimate of drug-likeness (QED) is 0.935. The molecule has 2 aromatic rings. The lowest BCUT2D eigenvalue weighted by Gasteiger charge is -2.27. The van der Waals surface area contributed by atoms with Crippen LogP contribution in [-0.2, 0) is 5.60 Å². The topological polar surface area (TPSA) is 38.0 Å². The summed E-state index contributed by atoms with van der Waals surface area (Å²) in [6, 6.07) is 6.08. The number of nitrogens with zero attached hydrogens (tertiary/aromatic N) is 2. The van der Waals surface area contributed by atoms with E-state index in [9.17, 15) is 9.50 Å². The van der Waals surface area contributed by atoms with Gasteiger partial charge in [-0.05, 0) is 54.4 Å². The van der Waals surface area contributed by atoms with Gasteiger partial charge in [-0.2, -0.15) is 5.10 Å². The van der Waals surface area contributed by atoms with E-state index in [1.165, 1.54) is 12.1 Å². The molecule has 1 atom stereocenters. The Morgan fingerprint density at radius 3 is 2.68 bits per heavy atom. The monoisotopic (exact) mass is 326 g/mol. The summed E-state index contributed by atoms with van der Waals surface area (Å²) in [7, 11) is 0. The highest BCUT2D eigenvalue weighted by atomic mass is 79.9. The molecular formula is C14H16BrFN2O. The predicted molar refractivity (Wildman–Crippen MR) is 75.4 cm³/mol. The third kappa shape index (κ3) is 2.58. The van der Waals surface area contributed by atoms with E-state index < -0.39 is 5.60 Å². The van der Waals surface area contributed by atoms with Gasteiger partial charge in [0.25, 0.3) is 0 Å². The maximum Gasteiger partial charge on any atom is 0.130 e. The number of hydrogen-bond donors (Lipinski definition) is 1. The number of aromatic nitrogens is 2. The molecule has 0 saturated heterocycles. The molecule has 0 aliphatic heterocycles. The van der Waals surface area contributed by atoms with Crippen LogP contribution in [0.3, 0.4) is 0 Å². The molecule has 1 aromatic heterocycles. The molecule has 5 heteroatoms. The van der Waals surface area contributed by atoms with Crippen molar-refractivity contribution in [1.29, 1.82) is 0 Å². The first-order valence-electron chi connectivity index (χ1n) is 6.06. The van der Waals surface area contributed by atoms with E-state index in [1.807, 2.05) is 13.8 Å². The van der Waals surface area contributed by atoms with Crippen LogP contribution in [0.25, 0.3) is 0 Å². The Bertz CT molecular complexity index is 593. The highest BCUT2D eigenvalue weighted by Gasteiger charge is 2.33. The molecule has 19 heavy (non-hydrogen) atoms. The van der Waals surface area contributed by atoms with E-state index >= 15 is 0 Å². The molecule has 0 amide bonds. The Kier molecular flexibility index (Phi) is 3.78. The van der Waals surface area contributed by atoms with E-state index in [0.717, 1.165) is 0 Å². The van der Waals surface area contributed by atoms with Crippen molar-refractivity contribution in [2.45, 2.75) is 32.4 Å². The molecule has 0 spiro atoms. The van der Waals surface area contributed by atoms with E-state index in [2.05, 4.69) is 21.0 Å². The molecule has 0 aliphatic carbocycles. The second-order valence-electron chi connectivity index (χ2n) is 4.96. The fourth-order valence-electron chi connectivity index (χ4n) is 2.12. The zero-order chi connectivity index (χ0) is 14.2. The molecule has 1 heterocycles. The minimum atomic E-state index is -1.32. The van der Waals surface area contributed by atoms with Crippen LogP contribution in [0, 0.1) is 5.82 Å². The SMILES string of the molecule is CC(C)n1ncc(Br)c1C(C)(O)c1cccc(F)c1. The Labute approximate surface area is 120 Å². The van der Waals surface area contributed by atoms with Gasteiger partial charge in [0.15, 0.2) is 0 Å². The van der Waals surface area contributed by atoms with Crippen LogP contribution in [0.4, 0.5) is 4.39 Å². The van der Waals surface area contributed by atoms with E-state index in [0.29, 0.717) is 15.7 Å². The van der Waals surface area contributed by atoms with Crippen molar-refractivity contribution in [1.82, 2.24) is 9.78 Å². The molecule has 2 rings (SSSR count). The van der Waals surface area contributed by atoms with Crippen molar-refractivity contribution >= 4 is 15.9 Å². The molecule has 0 radical (unpaired) electrons. The summed E-state index contributed by atoms with van der Waals surface area (Å²) < 4.78 is 15.8. The van der Waals surface area contributed by atoms with Gasteiger partial charge in [-0.1, -0.05) is 12.1 Å². The summed E-state index contributed by atoms with van der Waals surface area (Å²) in [5.41, 5.74) is -0.203. The molecule has 0 saturated carbocycles. The summed E-state index contributed by atoms with van der Waals surface area (Å²) in [5, 5.41) is 15.1. The molecule has 102 valence electrons. The molecular weight excluding hydrogens is 311 g/mol. The molecule has 1 N–H and O–H groups in total. The smallest absolute Gasteiger partial charge is 0.130 e. The maximum absolute atomic E-state index is 13.4. The molecule has 0 bridgehead atoms. The van der Waals surface area contributed by atoms with Crippen LogP contribution in [0.5, 0.6) is 0 Å². The van der Waals surface area contributed by atoms with E-state index in [4.69, 9.17) is 0 Å². The average molecular weight is 327 g/mol. The zero-order valence-corrected chi connectivity index (χ0v) is 12.6. The van der Waals surface area contributed by atoms with Gasteiger partial charge < -0.3 is 5.11 Å². The number of aliphatic hydroxyl groups is 1. The fourth-order valence-corrected chi connectivity index (χ4v) is 2.78. The lowest BCUT2D eigenvalue weighted by atomic mass is 9.92. The maximum atomic E-state index is 13.4. The van der Waals surface area contributed by atoms with Gasteiger partial charge in [0, 0.05) is 6.04 Å². The van der Waals surface area contributed by atoms with E-state index in [1.54, 1.807) is 29.9 Å². The van der Waals surface area contributed by atoms with Crippen LogP contribution in [0.15, 0.2) is 34.9 Å². The predicted octanol–water partition coefficient (Wildman–Crippen LogP) is 3.62. The van der Waals surface area contributed by atoms with Gasteiger partial charge in [0.1, 0.15) is 11.4 Å². The molecule has 0 fully saturated rings. The average Bonchev–Trinajstić information content (AvgIpc) is 2.72. The molecule has 1 aromatic carbocycles. The van der Waals surface area contributed by atoms with Crippen molar-refractivity contribution in [2.24, 2.45) is 0 Å². The summed E-state index contributed by atoms with van der Waals surface area (Å²) in [6.45, 7) is 5.59. The van der Waals surface area contributed by atoms with Gasteiger partial charge in [0.05, 0.1) is 16.4 Å². The Balaban J connectivity index is 2.59. The summed E-state index contributed by atoms with van der Waals surface area (Å²) in [5.74, 6) is -0.371. The molecule has 3 nitrogen and oxygen atoms in total. The lowest BCUT2D eigenvalue weighted by molar-refractivity contribution is 0.0888. The second kappa shape index (κ2) is 5.06. The first-order valence-corrected chi connectivity index (χ1v) is 6.85. The normalized spacial score (nSPS) is 14.7. The summed E-state index contributed by atoms with van der Waals surface area (Å²) in [4.78, 5) is 0. The van der Waals surface area contributed by atoms with Crippen molar-refractivity contribution in [3.8, 4) is 0 Å². The number of halogens is 2. The Morgan fingerprint density at radius 1 is 1.42 bits per heavy atom. The van der Waals surface area contributed by atoms with Crippen LogP contribution in [0.1, 0.15) is 38.1 Å². The fraction of sp³-hybridized carbons (Fsp3) is 0.357. The molecule has 1 unspecified atom stereocenters. The van der Waals surface area contributed by atoms with Crippen LogP contribution in [-0.4, -0.2) is 14.9 Å². The van der Waals surface area contributed by atoms with Crippen molar-refractivity contribution in [2.75, 3.05) is 0 Å². The standard InChI is InChI=1S/C14H16BrFN2O/c1-9(2)18-13(12(15)8-17-18)14(3,19)10-5-4-6-11(16)7-10/h4-9,19H,1-3H3. The van der Waals surface area contributed by atoms with Crippen molar-refractivity contribution in [3.05, 3.63) is 52.0 Å². The first-order chi connectivity index (χ1) is 8.84. The van der Waals surface area contributed by atoms with Gasteiger partial charge in [-0.15, -0.1) is 0 Å². The van der Waals surface area contributed by atoms with Crippen molar-refractivity contribution in [3.63, 3.8) is 0 Å². The van der Waals surface area contributed by atoms with Crippen LogP contribution >= 0.6 is 15.9 Å². The number of rotatable bonds is 3. The minimum Gasteiger partial charge on any atom is -0.379 e. The third-order valence-electron chi connectivity index (χ3n) is 3.09. The highest BCUT2D eigenvalue weighted by molar-refractivity contribution is 9.10. The van der Waals surface area contributed by atoms with Crippen LogP contribution < -0.4 is 0 Å². The largest absolute Gasteiger partial charge is 0.379 e. The number of benzene rings is 1. The third-order valence-corrected chi connectivity index (χ3v) is 3.67. The number of hydrogen-bond acceptors (Lipinski definition) is 2. The second-order valence-corrected chi connectivity index (χ2v) is 5.82. The zero-order valence-electron chi connectivity index (χ0n) is 11.1. The van der Waals surface area contributed by atoms with Gasteiger partial charge in [-0.25, -0.2) is 4.39 Å². The minimum absolute atomic E-state index is 0.0985.